The van der Waals surface area contributed by atoms with Gasteiger partial charge in [-0.05, 0) is 85.4 Å². The maximum Gasteiger partial charge on any atom is 0.305 e. The quantitative estimate of drug-likeness (QED) is 0.0350. The number of ketones is 2. The van der Waals surface area contributed by atoms with Crippen LogP contribution in [0, 0.1) is 0 Å². The minimum atomic E-state index is -1.68. The van der Waals surface area contributed by atoms with Crippen molar-refractivity contribution in [1.29, 1.82) is 0 Å². The number of halogens is 4. The summed E-state index contributed by atoms with van der Waals surface area (Å²) in [5.74, 6) is -10.5. The number of carboxylic acid groups (broad SMARTS) is 2. The number of carboxylic acids is 2. The third-order valence-electron chi connectivity index (χ3n) is 10.6. The van der Waals surface area contributed by atoms with Crippen LogP contribution in [-0.4, -0.2) is 112 Å². The van der Waals surface area contributed by atoms with Crippen molar-refractivity contribution >= 4 is 111 Å². The van der Waals surface area contributed by atoms with Crippen LogP contribution in [0.3, 0.4) is 0 Å². The van der Waals surface area contributed by atoms with E-state index in [0.29, 0.717) is 24.0 Å². The van der Waals surface area contributed by atoms with Crippen LogP contribution in [0.15, 0.2) is 66.8 Å². The lowest BCUT2D eigenvalue weighted by Gasteiger charge is -2.21. The Kier molecular flexibility index (Phi) is 23.7. The van der Waals surface area contributed by atoms with Gasteiger partial charge in [0.2, 0.25) is 29.5 Å². The Hall–Kier alpha value is -7.53. The number of carbonyl (C=O) groups excluding carboxylic acids is 9. The summed E-state index contributed by atoms with van der Waals surface area (Å²) in [5.41, 5.74) is 6.75. The van der Waals surface area contributed by atoms with Crippen LogP contribution in [0.4, 0.5) is 0 Å². The summed E-state index contributed by atoms with van der Waals surface area (Å²) in [6, 6.07) is 3.41. The monoisotopic (exact) mass is 1120 g/mol. The van der Waals surface area contributed by atoms with Crippen molar-refractivity contribution in [1.82, 2.24) is 31.9 Å². The molecule has 3 aromatic rings. The summed E-state index contributed by atoms with van der Waals surface area (Å²) >= 11 is 25.0. The minimum Gasteiger partial charge on any atom is -0.482 e. The Morgan fingerprint density at radius 3 is 1.24 bits per heavy atom. The van der Waals surface area contributed by atoms with Gasteiger partial charge < -0.3 is 57.3 Å². The van der Waals surface area contributed by atoms with Crippen molar-refractivity contribution < 1.29 is 72.4 Å². The zero-order chi connectivity index (χ0) is 56.4. The smallest absolute Gasteiger partial charge is 0.305 e. The normalized spacial score (nSPS) is 12.3. The Balaban J connectivity index is 1.58. The van der Waals surface area contributed by atoms with Crippen molar-refractivity contribution in [2.24, 2.45) is 5.73 Å². The Labute approximate surface area is 449 Å². The first-order valence-corrected chi connectivity index (χ1v) is 24.0. The first-order chi connectivity index (χ1) is 35.2. The molecule has 0 aliphatic carbocycles. The van der Waals surface area contributed by atoms with Crippen molar-refractivity contribution in [2.45, 2.75) is 90.6 Å². The Bertz CT molecular complexity index is 2630. The number of Topliss-reactive ketones (excluding diaryl/α,β-unsaturated/α-hetero) is 2. The molecule has 3 rings (SSSR count). The molecule has 0 heterocycles. The van der Waals surface area contributed by atoms with E-state index in [-0.39, 0.29) is 72.5 Å². The topological polar surface area (TPSA) is 345 Å². The highest BCUT2D eigenvalue weighted by Gasteiger charge is 2.29. The molecular formula is C49H53Cl4N7O15. The summed E-state index contributed by atoms with van der Waals surface area (Å²) in [5, 5.41) is 32.4. The van der Waals surface area contributed by atoms with E-state index in [1.807, 2.05) is 0 Å². The molecule has 4 atom stereocenters. The fraction of sp³-hybridized carbons (Fsp3) is 0.327. The summed E-state index contributed by atoms with van der Waals surface area (Å²) in [4.78, 5) is 139. The van der Waals surface area contributed by atoms with Gasteiger partial charge in [0, 0.05) is 29.8 Å². The van der Waals surface area contributed by atoms with Crippen LogP contribution in [0.2, 0.25) is 20.1 Å². The molecule has 75 heavy (non-hydrogen) atoms. The van der Waals surface area contributed by atoms with E-state index >= 15 is 0 Å². The highest BCUT2D eigenvalue weighted by molar-refractivity contribution is 6.46. The van der Waals surface area contributed by atoms with E-state index in [4.69, 9.17) is 61.6 Å². The first-order valence-electron chi connectivity index (χ1n) is 22.5. The molecule has 402 valence electrons. The van der Waals surface area contributed by atoms with Gasteiger partial charge in [-0.15, -0.1) is 0 Å². The third kappa shape index (κ3) is 18.4. The second-order valence-electron chi connectivity index (χ2n) is 16.4. The zero-order valence-electron chi connectivity index (χ0n) is 40.7. The molecule has 3 aromatic carbocycles. The fourth-order valence-electron chi connectivity index (χ4n) is 6.42. The predicted molar refractivity (Wildman–Crippen MR) is 274 cm³/mol. The number of rotatable bonds is 29. The van der Waals surface area contributed by atoms with Gasteiger partial charge in [-0.3, -0.25) is 52.7 Å². The second kappa shape index (κ2) is 28.8. The number of amides is 7. The van der Waals surface area contributed by atoms with Gasteiger partial charge in [0.05, 0.1) is 22.9 Å². The van der Waals surface area contributed by atoms with Crippen LogP contribution < -0.4 is 47.1 Å². The SMILES string of the molecule is C=C(CC)C(=O)c1ccc(OCC(=O)N[C@@H](CC(=O)O)C(=O)N[C@@H](C)C(=O)NCc2cc(CNC(=O)[C@H](C)NC(=O)[C@H](CC(=O)O)NC(=O)COc3ccc(C(=O)C(=C)CC)c(Cl)c3Cl)cc(C(N)=O)c2)c(Cl)c1Cl. The molecule has 0 bridgehead atoms. The highest BCUT2D eigenvalue weighted by atomic mass is 35.5. The first kappa shape index (κ1) is 61.8. The van der Waals surface area contributed by atoms with Crippen LogP contribution >= 0.6 is 46.4 Å². The van der Waals surface area contributed by atoms with Crippen molar-refractivity contribution in [2.75, 3.05) is 13.2 Å². The van der Waals surface area contributed by atoms with E-state index in [1.54, 1.807) is 13.8 Å². The van der Waals surface area contributed by atoms with E-state index in [9.17, 15) is 63.0 Å². The lowest BCUT2D eigenvalue weighted by Crippen LogP contribution is -2.53. The van der Waals surface area contributed by atoms with Gasteiger partial charge in [-0.25, -0.2) is 0 Å². The van der Waals surface area contributed by atoms with E-state index in [1.165, 1.54) is 56.3 Å². The number of allylic oxidation sites excluding steroid dienone is 2. The number of carbonyl (C=O) groups is 11. The maximum absolute atomic E-state index is 13.1. The number of ether oxygens (including phenoxy) is 2. The van der Waals surface area contributed by atoms with E-state index < -0.39 is 115 Å². The fourth-order valence-corrected chi connectivity index (χ4v) is 7.34. The van der Waals surface area contributed by atoms with Gasteiger partial charge >= 0.3 is 11.9 Å². The zero-order valence-corrected chi connectivity index (χ0v) is 43.7. The molecule has 22 nitrogen and oxygen atoms in total. The summed E-state index contributed by atoms with van der Waals surface area (Å²) in [6.07, 6.45) is -1.07. The largest absolute Gasteiger partial charge is 0.482 e. The van der Waals surface area contributed by atoms with Crippen molar-refractivity contribution in [3.63, 3.8) is 0 Å². The van der Waals surface area contributed by atoms with Gasteiger partial charge in [0.25, 0.3) is 11.8 Å². The lowest BCUT2D eigenvalue weighted by molar-refractivity contribution is -0.141. The maximum atomic E-state index is 13.1. The predicted octanol–water partition coefficient (Wildman–Crippen LogP) is 4.02. The van der Waals surface area contributed by atoms with Gasteiger partial charge in [0.1, 0.15) is 45.7 Å². The van der Waals surface area contributed by atoms with Gasteiger partial charge in [0.15, 0.2) is 24.8 Å². The second-order valence-corrected chi connectivity index (χ2v) is 17.9. The molecule has 7 amide bonds. The average molecular weight is 1120 g/mol. The molecule has 0 saturated heterocycles. The molecule has 10 N–H and O–H groups in total. The van der Waals surface area contributed by atoms with E-state index in [0.717, 1.165) is 0 Å². The van der Waals surface area contributed by atoms with E-state index in [2.05, 4.69) is 45.1 Å². The molecular weight excluding hydrogens is 1070 g/mol. The van der Waals surface area contributed by atoms with Gasteiger partial charge in [-0.1, -0.05) is 79.5 Å². The standard InChI is InChI=1S/C49H53Cl4N7O15/c1-7-22(3)43(67)29-9-11-33(41(52)39(29)50)74-20-35(61)59-31(16-37(63)64)48(72)57-24(5)46(70)55-18-26-13-27(15-28(14-26)45(54)69)19-56-47(71)25(6)58-49(73)32(17-38(65)66)60-36(62)21-75-34-12-10-30(40(51)42(34)53)44(68)23(4)8-2/h9-15,24-25,31-32H,3-4,7-8,16-21H2,1-2,5-6H3,(H2,54,69)(H,55,70)(H,56,71)(H,57,72)(H,58,73)(H,59,61)(H,60,62)(H,63,64)(H,65,66)/t24-,25-,31-,32-/m0/s1. The molecule has 0 radical (unpaired) electrons. The Morgan fingerprint density at radius 2 is 0.920 bits per heavy atom. The Morgan fingerprint density at radius 1 is 0.560 bits per heavy atom. The molecule has 0 aromatic heterocycles. The number of hydrogen-bond acceptors (Lipinski definition) is 13. The van der Waals surface area contributed by atoms with Crippen LogP contribution in [-0.2, 0) is 51.4 Å². The molecule has 0 saturated carbocycles. The number of hydrogen-bond donors (Lipinski definition) is 9. The average Bonchev–Trinajstić information content (AvgIpc) is 3.36. The van der Waals surface area contributed by atoms with Crippen LogP contribution in [0.1, 0.15) is 95.6 Å². The summed E-state index contributed by atoms with van der Waals surface area (Å²) < 4.78 is 10.8. The molecule has 26 heteroatoms. The molecule has 0 unspecified atom stereocenters. The van der Waals surface area contributed by atoms with Gasteiger partial charge in [-0.2, -0.15) is 0 Å². The van der Waals surface area contributed by atoms with Crippen molar-refractivity contribution in [3.8, 4) is 11.5 Å². The molecule has 0 aliphatic heterocycles. The number of aliphatic carboxylic acids is 2. The number of benzene rings is 3. The third-order valence-corrected chi connectivity index (χ3v) is 12.4. The number of nitrogens with two attached hydrogens (primary N) is 1. The van der Waals surface area contributed by atoms with Crippen LogP contribution in [0.5, 0.6) is 11.5 Å². The van der Waals surface area contributed by atoms with Crippen molar-refractivity contribution in [3.05, 3.63) is 115 Å². The molecule has 0 aliphatic rings. The lowest BCUT2D eigenvalue weighted by atomic mass is 10.0. The number of primary amides is 1. The molecule has 0 fully saturated rings. The summed E-state index contributed by atoms with van der Waals surface area (Å²) in [6.45, 7) is 11.3. The number of nitrogens with one attached hydrogen (secondary N) is 6. The molecule has 0 spiro atoms. The minimum absolute atomic E-state index is 0.0346. The highest BCUT2D eigenvalue weighted by Crippen LogP contribution is 2.37. The van der Waals surface area contributed by atoms with Crippen LogP contribution in [0.25, 0.3) is 0 Å². The summed E-state index contributed by atoms with van der Waals surface area (Å²) in [7, 11) is 0.